The summed E-state index contributed by atoms with van der Waals surface area (Å²) >= 11 is 0.943. The topological polar surface area (TPSA) is 90.2 Å². The molecule has 0 radical (unpaired) electrons. The Morgan fingerprint density at radius 2 is 2.19 bits per heavy atom. The van der Waals surface area contributed by atoms with Gasteiger partial charge in [-0.15, -0.1) is 11.3 Å². The minimum absolute atomic E-state index is 0.144. The van der Waals surface area contributed by atoms with Crippen LogP contribution in [0.15, 0.2) is 16.3 Å². The molecular formula is C9H10N2O3S2. The van der Waals surface area contributed by atoms with Gasteiger partial charge in [0.25, 0.3) is 0 Å². The fraction of sp³-hybridized carbons (Fsp3) is 0.444. The van der Waals surface area contributed by atoms with Crippen LogP contribution >= 0.6 is 11.3 Å². The van der Waals surface area contributed by atoms with Crippen LogP contribution in [0.1, 0.15) is 17.7 Å². The Labute approximate surface area is 97.4 Å². The Kier molecular flexibility index (Phi) is 2.99. The first-order chi connectivity index (χ1) is 7.51. The summed E-state index contributed by atoms with van der Waals surface area (Å²) in [5.74, 6) is 0. The quantitative estimate of drug-likeness (QED) is 0.822. The van der Waals surface area contributed by atoms with Gasteiger partial charge in [0.2, 0.25) is 10.0 Å². The highest BCUT2D eigenvalue weighted by molar-refractivity contribution is 7.91. The number of aliphatic hydroxyl groups is 1. The monoisotopic (exact) mass is 258 g/mol. The number of rotatable bonds is 3. The number of sulfonamides is 1. The van der Waals surface area contributed by atoms with Crippen LogP contribution in [0, 0.1) is 11.3 Å². The summed E-state index contributed by atoms with van der Waals surface area (Å²) in [4.78, 5) is 0.369. The molecule has 0 bridgehead atoms. The highest BCUT2D eigenvalue weighted by Gasteiger charge is 2.31. The third-order valence-electron chi connectivity index (χ3n) is 2.39. The van der Waals surface area contributed by atoms with E-state index < -0.39 is 16.1 Å². The minimum atomic E-state index is -3.53. The lowest BCUT2D eigenvalue weighted by Crippen LogP contribution is -2.46. The predicted molar refractivity (Wildman–Crippen MR) is 58.4 cm³/mol. The number of nitrogens with one attached hydrogen (secondary N) is 1. The second-order valence-electron chi connectivity index (χ2n) is 3.67. The molecule has 0 saturated heterocycles. The molecule has 2 rings (SSSR count). The Morgan fingerprint density at radius 1 is 1.50 bits per heavy atom. The molecule has 1 aliphatic rings. The smallest absolute Gasteiger partial charge is 0.250 e. The molecule has 86 valence electrons. The fourth-order valence-corrected chi connectivity index (χ4v) is 3.87. The average molecular weight is 258 g/mol. The van der Waals surface area contributed by atoms with Crippen molar-refractivity contribution in [1.82, 2.24) is 4.72 Å². The maximum absolute atomic E-state index is 11.8. The van der Waals surface area contributed by atoms with Crippen molar-refractivity contribution in [2.24, 2.45) is 0 Å². The molecule has 0 amide bonds. The molecule has 0 unspecified atom stereocenters. The molecule has 1 saturated carbocycles. The van der Waals surface area contributed by atoms with Crippen molar-refractivity contribution >= 4 is 21.4 Å². The van der Waals surface area contributed by atoms with E-state index in [2.05, 4.69) is 4.72 Å². The van der Waals surface area contributed by atoms with Crippen LogP contribution in [0.2, 0.25) is 0 Å². The highest BCUT2D eigenvalue weighted by Crippen LogP contribution is 2.25. The molecule has 7 heteroatoms. The van der Waals surface area contributed by atoms with E-state index in [0.717, 1.165) is 11.3 Å². The van der Waals surface area contributed by atoms with Crippen molar-refractivity contribution in [3.63, 3.8) is 0 Å². The lowest BCUT2D eigenvalue weighted by Gasteiger charge is -2.31. The van der Waals surface area contributed by atoms with Crippen LogP contribution in [0.3, 0.4) is 0 Å². The van der Waals surface area contributed by atoms with E-state index in [1.54, 1.807) is 0 Å². The van der Waals surface area contributed by atoms with Crippen molar-refractivity contribution in [3.8, 4) is 6.07 Å². The number of hydrogen-bond acceptors (Lipinski definition) is 5. The Bertz CT molecular complexity index is 523. The first-order valence-electron chi connectivity index (χ1n) is 4.71. The molecule has 16 heavy (non-hydrogen) atoms. The predicted octanol–water partition coefficient (Wildman–Crippen LogP) is 0.421. The summed E-state index contributed by atoms with van der Waals surface area (Å²) in [6.07, 6.45) is 0.511. The van der Waals surface area contributed by atoms with Gasteiger partial charge in [-0.25, -0.2) is 13.1 Å². The van der Waals surface area contributed by atoms with E-state index in [1.165, 1.54) is 12.1 Å². The van der Waals surface area contributed by atoms with Gasteiger partial charge in [0.1, 0.15) is 15.2 Å². The summed E-state index contributed by atoms with van der Waals surface area (Å²) in [6, 6.07) is 4.61. The van der Waals surface area contributed by atoms with Crippen molar-refractivity contribution in [3.05, 3.63) is 17.0 Å². The first-order valence-corrected chi connectivity index (χ1v) is 7.01. The fourth-order valence-electron chi connectivity index (χ4n) is 1.49. The molecule has 1 aliphatic carbocycles. The Balaban J connectivity index is 2.10. The largest absolute Gasteiger partial charge is 0.393 e. The van der Waals surface area contributed by atoms with Crippen LogP contribution in [0.5, 0.6) is 0 Å². The Morgan fingerprint density at radius 3 is 2.69 bits per heavy atom. The van der Waals surface area contributed by atoms with E-state index in [1.807, 2.05) is 6.07 Å². The zero-order valence-corrected chi connectivity index (χ0v) is 9.88. The van der Waals surface area contributed by atoms with Crippen LogP contribution in [0.4, 0.5) is 0 Å². The van der Waals surface area contributed by atoms with Gasteiger partial charge in [-0.1, -0.05) is 0 Å². The van der Waals surface area contributed by atoms with Gasteiger partial charge in [0.05, 0.1) is 6.10 Å². The van der Waals surface area contributed by atoms with Crippen molar-refractivity contribution in [2.45, 2.75) is 29.2 Å². The van der Waals surface area contributed by atoms with E-state index in [9.17, 15) is 8.42 Å². The summed E-state index contributed by atoms with van der Waals surface area (Å²) in [5, 5.41) is 17.7. The molecular weight excluding hydrogens is 248 g/mol. The molecule has 0 aromatic carbocycles. The molecule has 1 heterocycles. The summed E-state index contributed by atoms with van der Waals surface area (Å²) < 4.78 is 26.2. The van der Waals surface area contributed by atoms with Gasteiger partial charge in [-0.05, 0) is 25.0 Å². The minimum Gasteiger partial charge on any atom is -0.393 e. The van der Waals surface area contributed by atoms with Crippen LogP contribution in [0.25, 0.3) is 0 Å². The second kappa shape index (κ2) is 4.14. The van der Waals surface area contributed by atoms with Crippen LogP contribution < -0.4 is 4.72 Å². The van der Waals surface area contributed by atoms with Crippen molar-refractivity contribution < 1.29 is 13.5 Å². The second-order valence-corrected chi connectivity index (χ2v) is 6.70. The highest BCUT2D eigenvalue weighted by atomic mass is 32.2. The SMILES string of the molecule is N#Cc1ccc(S(=O)(=O)NC2CC(O)C2)s1. The summed E-state index contributed by atoms with van der Waals surface area (Å²) in [5.41, 5.74) is 0. The van der Waals surface area contributed by atoms with E-state index in [-0.39, 0.29) is 10.3 Å². The standard InChI is InChI=1S/C9H10N2O3S2/c10-5-8-1-2-9(15-8)16(13,14)11-6-3-7(12)4-6/h1-2,6-7,11-12H,3-4H2. The lowest BCUT2D eigenvalue weighted by atomic mass is 9.91. The maximum atomic E-state index is 11.8. The Hall–Kier alpha value is -0.940. The van der Waals surface area contributed by atoms with Crippen molar-refractivity contribution in [2.75, 3.05) is 0 Å². The van der Waals surface area contributed by atoms with Gasteiger partial charge in [-0.3, -0.25) is 0 Å². The van der Waals surface area contributed by atoms with Gasteiger partial charge in [0.15, 0.2) is 0 Å². The number of nitrogens with zero attached hydrogens (tertiary/aromatic N) is 1. The molecule has 1 aromatic rings. The zero-order valence-electron chi connectivity index (χ0n) is 8.25. The normalized spacial score (nSPS) is 24.8. The first kappa shape index (κ1) is 11.5. The molecule has 0 aliphatic heterocycles. The average Bonchev–Trinajstić information content (AvgIpc) is 2.63. The molecule has 5 nitrogen and oxygen atoms in total. The number of aliphatic hydroxyl groups excluding tert-OH is 1. The summed E-state index contributed by atoms with van der Waals surface area (Å²) in [7, 11) is -3.53. The maximum Gasteiger partial charge on any atom is 0.250 e. The third-order valence-corrected chi connectivity index (χ3v) is 5.39. The van der Waals surface area contributed by atoms with E-state index in [4.69, 9.17) is 10.4 Å². The number of thiophene rings is 1. The van der Waals surface area contributed by atoms with Gasteiger partial charge in [-0.2, -0.15) is 5.26 Å². The molecule has 0 atom stereocenters. The summed E-state index contributed by atoms with van der Waals surface area (Å²) in [6.45, 7) is 0. The van der Waals surface area contributed by atoms with E-state index >= 15 is 0 Å². The molecule has 1 aromatic heterocycles. The molecule has 0 spiro atoms. The van der Waals surface area contributed by atoms with Crippen LogP contribution in [-0.2, 0) is 10.0 Å². The van der Waals surface area contributed by atoms with Gasteiger partial charge >= 0.3 is 0 Å². The number of hydrogen-bond donors (Lipinski definition) is 2. The molecule has 2 N–H and O–H groups in total. The lowest BCUT2D eigenvalue weighted by molar-refractivity contribution is 0.0712. The van der Waals surface area contributed by atoms with Crippen LogP contribution in [-0.4, -0.2) is 25.7 Å². The molecule has 1 fully saturated rings. The van der Waals surface area contributed by atoms with Gasteiger partial charge in [0, 0.05) is 6.04 Å². The van der Waals surface area contributed by atoms with Crippen molar-refractivity contribution in [1.29, 1.82) is 5.26 Å². The number of nitriles is 1. The third kappa shape index (κ3) is 2.25. The zero-order chi connectivity index (χ0) is 11.8. The van der Waals surface area contributed by atoms with E-state index in [0.29, 0.717) is 17.7 Å². The van der Waals surface area contributed by atoms with Gasteiger partial charge < -0.3 is 5.11 Å².